The first-order valence-corrected chi connectivity index (χ1v) is 4.72. The molecule has 0 fully saturated rings. The zero-order valence-corrected chi connectivity index (χ0v) is 13.1. The first-order chi connectivity index (χ1) is 5.91. The maximum absolute atomic E-state index is 10.4. The van der Waals surface area contributed by atoms with Crippen molar-refractivity contribution in [2.75, 3.05) is 0 Å². The van der Waals surface area contributed by atoms with Crippen LogP contribution in [-0.4, -0.2) is 4.92 Å². The topological polar surface area (TPSA) is 106 Å². The van der Waals surface area contributed by atoms with Gasteiger partial charge >= 0.3 is 59.1 Å². The van der Waals surface area contributed by atoms with E-state index in [1.54, 1.807) is 0 Å². The van der Waals surface area contributed by atoms with Crippen molar-refractivity contribution in [3.05, 3.63) is 34.4 Å². The molecule has 0 spiro atoms. The van der Waals surface area contributed by atoms with E-state index in [9.17, 15) is 24.5 Å². The van der Waals surface area contributed by atoms with Gasteiger partial charge in [-0.05, 0) is 25.0 Å². The van der Waals surface area contributed by atoms with Crippen molar-refractivity contribution in [2.45, 2.75) is 0 Å². The predicted molar refractivity (Wildman–Crippen MR) is 40.3 cm³/mol. The average molecular weight is 247 g/mol. The van der Waals surface area contributed by atoms with Gasteiger partial charge in [-0.2, -0.15) is 0 Å². The normalized spacial score (nSPS) is 9.73. The molecule has 0 saturated carbocycles. The van der Waals surface area contributed by atoms with E-state index in [1.165, 1.54) is 0 Å². The molecule has 0 heterocycles. The number of benzene rings is 1. The molecule has 0 aliphatic carbocycles. The van der Waals surface area contributed by atoms with Crippen molar-refractivity contribution in [2.24, 2.45) is 0 Å². The number of nitro groups is 1. The van der Waals surface area contributed by atoms with Crippen LogP contribution in [0.1, 0.15) is 0 Å². The predicted octanol–water partition coefficient (Wildman–Crippen LogP) is -6.86. The summed E-state index contributed by atoms with van der Waals surface area (Å²) in [6, 6.07) is 3.77. The van der Waals surface area contributed by atoms with Crippen LogP contribution in [0.3, 0.4) is 0 Å². The van der Waals surface area contributed by atoms with Crippen molar-refractivity contribution in [3.63, 3.8) is 0 Å². The number of hydrogen-bond donors (Lipinski definition) is 0. The summed E-state index contributed by atoms with van der Waals surface area (Å²) < 4.78 is 10.4. The third-order valence-corrected chi connectivity index (χ3v) is 2.31. The van der Waals surface area contributed by atoms with Gasteiger partial charge in [-0.15, -0.1) is 0 Å². The molecule has 0 unspecified atom stereocenters. The van der Waals surface area contributed by atoms with Gasteiger partial charge < -0.3 is 14.4 Å². The average Bonchev–Trinajstić information content (AvgIpc) is 2.03. The minimum absolute atomic E-state index is 0. The summed E-state index contributed by atoms with van der Waals surface area (Å²) in [5, 5.41) is 9.70. The molecule has 0 saturated heterocycles. The van der Waals surface area contributed by atoms with Crippen molar-refractivity contribution in [3.8, 4) is 0 Å². The smallest absolute Gasteiger partial charge is 0.807 e. The molecule has 0 bridgehead atoms. The summed E-state index contributed by atoms with van der Waals surface area (Å²) in [5.74, 6) is 0. The van der Waals surface area contributed by atoms with Crippen LogP contribution in [0.2, 0.25) is 0 Å². The summed E-state index contributed by atoms with van der Waals surface area (Å²) in [5.41, 5.74) is -0.253. The van der Waals surface area contributed by atoms with Crippen LogP contribution in [0.15, 0.2) is 24.3 Å². The van der Waals surface area contributed by atoms with E-state index in [1.807, 2.05) is 0 Å². The Labute approximate surface area is 130 Å². The van der Waals surface area contributed by atoms with E-state index in [2.05, 4.69) is 0 Å². The molecule has 1 rings (SSSR count). The number of hydrogen-bond acceptors (Lipinski definition) is 5. The Morgan fingerprint density at radius 3 is 1.73 bits per heavy atom. The van der Waals surface area contributed by atoms with Crippen LogP contribution in [0.4, 0.5) is 5.69 Å². The quantitative estimate of drug-likeness (QED) is 0.223. The third kappa shape index (κ3) is 5.58. The van der Waals surface area contributed by atoms with Crippen LogP contribution >= 0.6 is 7.60 Å². The van der Waals surface area contributed by atoms with Crippen LogP contribution in [-0.2, 0) is 4.57 Å². The van der Waals surface area contributed by atoms with Gasteiger partial charge in [0.25, 0.3) is 5.69 Å². The van der Waals surface area contributed by atoms with Gasteiger partial charge in [-0.3, -0.25) is 10.1 Å². The summed E-state index contributed by atoms with van der Waals surface area (Å²) >= 11 is 0. The fraction of sp³-hybridized carbons (Fsp3) is 0. The van der Waals surface area contributed by atoms with Gasteiger partial charge in [0, 0.05) is 12.1 Å². The molecule has 0 radical (unpaired) electrons. The Bertz CT molecular complexity index is 376. The molecule has 15 heavy (non-hydrogen) atoms. The van der Waals surface area contributed by atoms with Crippen molar-refractivity contribution in [1.82, 2.24) is 0 Å². The molecule has 0 amide bonds. The fourth-order valence-corrected chi connectivity index (χ4v) is 1.27. The second kappa shape index (κ2) is 7.17. The largest absolute Gasteiger partial charge is 1.00 e. The van der Waals surface area contributed by atoms with Gasteiger partial charge in [0.1, 0.15) is 0 Å². The van der Waals surface area contributed by atoms with Crippen molar-refractivity contribution < 1.29 is 78.4 Å². The van der Waals surface area contributed by atoms with Gasteiger partial charge in [-0.1, -0.05) is 0 Å². The van der Waals surface area contributed by atoms with Gasteiger partial charge in [0.15, 0.2) is 0 Å². The molecule has 9 heteroatoms. The van der Waals surface area contributed by atoms with Crippen molar-refractivity contribution in [1.29, 1.82) is 0 Å². The van der Waals surface area contributed by atoms with E-state index < -0.39 is 17.8 Å². The Morgan fingerprint density at radius 1 is 1.07 bits per heavy atom. The minimum atomic E-state index is -4.79. The number of nitro benzene ring substituents is 1. The maximum Gasteiger partial charge on any atom is 1.00 e. The van der Waals surface area contributed by atoms with Crippen LogP contribution in [0, 0.1) is 10.1 Å². The van der Waals surface area contributed by atoms with E-state index in [-0.39, 0.29) is 64.8 Å². The Kier molecular flexibility index (Phi) is 8.67. The molecule has 0 N–H and O–H groups in total. The zero-order chi connectivity index (χ0) is 10.1. The first kappa shape index (κ1) is 18.1. The summed E-state index contributed by atoms with van der Waals surface area (Å²) in [7, 11) is -4.79. The minimum Gasteiger partial charge on any atom is -0.807 e. The Hall–Kier alpha value is 0.770. The molecule has 1 aromatic rings. The maximum atomic E-state index is 10.4. The molecule has 0 aromatic heterocycles. The van der Waals surface area contributed by atoms with E-state index in [0.29, 0.717) is 0 Å². The molecular weight excluding hydrogens is 243 g/mol. The SMILES string of the molecule is O=[N+]([O-])c1ccc(P(=O)([O-])[O-])cc1.[Na+].[Na+]. The Balaban J connectivity index is 0. The molecule has 0 aliphatic heterocycles. The van der Waals surface area contributed by atoms with Gasteiger partial charge in [0.2, 0.25) is 0 Å². The standard InChI is InChI=1S/C6H6NO5P.2Na/c8-7(9)5-1-3-6(4-2-5)13(10,11)12;;/h1-4H,(H2,10,11,12);;/q;2*+1/p-2. The van der Waals surface area contributed by atoms with E-state index >= 15 is 0 Å². The van der Waals surface area contributed by atoms with Crippen molar-refractivity contribution >= 4 is 18.6 Å². The second-order valence-corrected chi connectivity index (χ2v) is 3.78. The van der Waals surface area contributed by atoms with Gasteiger partial charge in [0.05, 0.1) is 4.92 Å². The molecule has 0 atom stereocenters. The van der Waals surface area contributed by atoms with E-state index in [0.717, 1.165) is 24.3 Å². The molecule has 70 valence electrons. The first-order valence-electron chi connectivity index (χ1n) is 3.18. The molecular formula is C6H4NNa2O5P. The third-order valence-electron chi connectivity index (χ3n) is 1.38. The monoisotopic (exact) mass is 247 g/mol. The van der Waals surface area contributed by atoms with Gasteiger partial charge in [-0.25, -0.2) is 0 Å². The molecule has 6 nitrogen and oxygen atoms in total. The summed E-state index contributed by atoms with van der Waals surface area (Å²) in [6.45, 7) is 0. The zero-order valence-electron chi connectivity index (χ0n) is 8.25. The van der Waals surface area contributed by atoms with Crippen LogP contribution in [0.25, 0.3) is 0 Å². The van der Waals surface area contributed by atoms with Crippen LogP contribution < -0.4 is 74.2 Å². The number of nitrogens with zero attached hydrogens (tertiary/aromatic N) is 1. The number of non-ortho nitro benzene ring substituents is 1. The summed E-state index contributed by atoms with van der Waals surface area (Å²) in [6.07, 6.45) is 0. The fourth-order valence-electron chi connectivity index (χ4n) is 0.757. The molecule has 1 aromatic carbocycles. The van der Waals surface area contributed by atoms with E-state index in [4.69, 9.17) is 0 Å². The Morgan fingerprint density at radius 2 is 1.47 bits per heavy atom. The second-order valence-electron chi connectivity index (χ2n) is 2.27. The van der Waals surface area contributed by atoms with Crippen LogP contribution in [0.5, 0.6) is 0 Å². The molecule has 0 aliphatic rings. The summed E-state index contributed by atoms with van der Waals surface area (Å²) in [4.78, 5) is 30.3. The number of rotatable bonds is 2.